The molecular weight excluding hydrogens is 368 g/mol. The number of fused-ring (bicyclic) bond motifs is 1. The Labute approximate surface area is 162 Å². The Balaban J connectivity index is 1.71. The van der Waals surface area contributed by atoms with E-state index in [9.17, 15) is 9.59 Å². The molecule has 3 rings (SSSR count). The van der Waals surface area contributed by atoms with Gasteiger partial charge in [-0.1, -0.05) is 18.0 Å². The molecule has 1 aliphatic rings. The summed E-state index contributed by atoms with van der Waals surface area (Å²) in [6.45, 7) is 0.869. The minimum atomic E-state index is -0.842. The first-order valence-electron chi connectivity index (χ1n) is 9.28. The number of aryl methyl sites for hydroxylation is 1. The number of hydrogen-bond donors (Lipinski definition) is 2. The molecule has 0 saturated carbocycles. The van der Waals surface area contributed by atoms with Crippen molar-refractivity contribution < 1.29 is 14.7 Å². The molecular formula is C19H23ClN4O3. The summed E-state index contributed by atoms with van der Waals surface area (Å²) in [5.74, 6) is 0.722. The maximum Gasteiger partial charge on any atom is 0.303 e. The third-order valence-corrected chi connectivity index (χ3v) is 4.97. The first-order chi connectivity index (χ1) is 13.0. The summed E-state index contributed by atoms with van der Waals surface area (Å²) >= 11 is 6.39. The maximum absolute atomic E-state index is 12.1. The minimum Gasteiger partial charge on any atom is -0.481 e. The molecule has 27 heavy (non-hydrogen) atoms. The van der Waals surface area contributed by atoms with Crippen molar-refractivity contribution in [2.75, 3.05) is 5.32 Å². The molecule has 2 heterocycles. The quantitative estimate of drug-likeness (QED) is 0.698. The lowest BCUT2D eigenvalue weighted by molar-refractivity contribution is -0.137. The highest BCUT2D eigenvalue weighted by atomic mass is 35.5. The Hall–Kier alpha value is -2.41. The summed E-state index contributed by atoms with van der Waals surface area (Å²) in [6, 6.07) is 5.32. The first-order valence-corrected chi connectivity index (χ1v) is 9.66. The zero-order valence-electron chi connectivity index (χ0n) is 15.1. The van der Waals surface area contributed by atoms with Crippen LogP contribution in [0, 0.1) is 0 Å². The Kier molecular flexibility index (Phi) is 6.45. The molecule has 7 nitrogen and oxygen atoms in total. The molecule has 0 bridgehead atoms. The summed E-state index contributed by atoms with van der Waals surface area (Å²) < 4.78 is 2.12. The van der Waals surface area contributed by atoms with Crippen molar-refractivity contribution in [3.8, 4) is 11.4 Å². The van der Waals surface area contributed by atoms with Crippen molar-refractivity contribution in [2.24, 2.45) is 0 Å². The first kappa shape index (κ1) is 19.4. The van der Waals surface area contributed by atoms with E-state index >= 15 is 0 Å². The second kappa shape index (κ2) is 8.99. The van der Waals surface area contributed by atoms with Crippen molar-refractivity contribution in [3.63, 3.8) is 0 Å². The van der Waals surface area contributed by atoms with Gasteiger partial charge in [-0.05, 0) is 43.9 Å². The van der Waals surface area contributed by atoms with Crippen LogP contribution >= 0.6 is 11.6 Å². The molecule has 8 heteroatoms. The highest BCUT2D eigenvalue weighted by Gasteiger charge is 2.18. The van der Waals surface area contributed by atoms with Gasteiger partial charge in [-0.2, -0.15) is 0 Å². The van der Waals surface area contributed by atoms with Crippen LogP contribution in [0.2, 0.25) is 5.02 Å². The molecule has 0 spiro atoms. The molecule has 2 aromatic rings. The Morgan fingerprint density at radius 2 is 1.96 bits per heavy atom. The summed E-state index contributed by atoms with van der Waals surface area (Å²) in [4.78, 5) is 22.6. The smallest absolute Gasteiger partial charge is 0.303 e. The monoisotopic (exact) mass is 390 g/mol. The van der Waals surface area contributed by atoms with Gasteiger partial charge in [0.2, 0.25) is 5.91 Å². The topological polar surface area (TPSA) is 97.1 Å². The number of amides is 1. The van der Waals surface area contributed by atoms with Crippen LogP contribution in [0.4, 0.5) is 5.69 Å². The van der Waals surface area contributed by atoms with Crippen LogP contribution in [0.15, 0.2) is 18.2 Å². The van der Waals surface area contributed by atoms with Crippen LogP contribution in [0.25, 0.3) is 11.4 Å². The third kappa shape index (κ3) is 5.07. The second-order valence-electron chi connectivity index (χ2n) is 6.75. The number of rotatable bonds is 7. The molecule has 1 amide bonds. The minimum absolute atomic E-state index is 0.0797. The Morgan fingerprint density at radius 1 is 1.15 bits per heavy atom. The lowest BCUT2D eigenvalue weighted by Crippen LogP contribution is -2.11. The fourth-order valence-corrected chi connectivity index (χ4v) is 3.45. The molecule has 0 saturated heterocycles. The van der Waals surface area contributed by atoms with Gasteiger partial charge in [0.25, 0.3) is 0 Å². The van der Waals surface area contributed by atoms with Gasteiger partial charge in [0.15, 0.2) is 5.82 Å². The van der Waals surface area contributed by atoms with Gasteiger partial charge in [-0.15, -0.1) is 10.2 Å². The number of nitrogens with one attached hydrogen (secondary N) is 1. The van der Waals surface area contributed by atoms with Crippen molar-refractivity contribution in [1.29, 1.82) is 0 Å². The van der Waals surface area contributed by atoms with Crippen molar-refractivity contribution >= 4 is 29.2 Å². The average molecular weight is 391 g/mol. The summed E-state index contributed by atoms with van der Waals surface area (Å²) in [6.07, 6.45) is 5.68. The van der Waals surface area contributed by atoms with Crippen molar-refractivity contribution in [3.05, 3.63) is 29.0 Å². The normalized spacial score (nSPS) is 13.7. The molecule has 2 N–H and O–H groups in total. The number of benzene rings is 1. The summed E-state index contributed by atoms with van der Waals surface area (Å²) in [5, 5.41) is 20.7. The molecule has 0 atom stereocenters. The highest BCUT2D eigenvalue weighted by molar-refractivity contribution is 6.33. The Morgan fingerprint density at radius 3 is 2.78 bits per heavy atom. The van der Waals surface area contributed by atoms with E-state index in [1.807, 2.05) is 6.07 Å². The van der Waals surface area contributed by atoms with E-state index < -0.39 is 5.97 Å². The number of nitrogens with zero attached hydrogens (tertiary/aromatic N) is 3. The molecule has 1 aliphatic heterocycles. The van der Waals surface area contributed by atoms with Crippen LogP contribution in [0.5, 0.6) is 0 Å². The third-order valence-electron chi connectivity index (χ3n) is 4.64. The maximum atomic E-state index is 12.1. The highest BCUT2D eigenvalue weighted by Crippen LogP contribution is 2.31. The van der Waals surface area contributed by atoms with E-state index in [0.29, 0.717) is 23.6 Å². The molecule has 1 aromatic carbocycles. The van der Waals surface area contributed by atoms with Gasteiger partial charge in [0.1, 0.15) is 5.82 Å². The van der Waals surface area contributed by atoms with Gasteiger partial charge in [0, 0.05) is 37.1 Å². The molecule has 0 radical (unpaired) electrons. The van der Waals surface area contributed by atoms with E-state index in [2.05, 4.69) is 20.1 Å². The summed E-state index contributed by atoms with van der Waals surface area (Å²) in [7, 11) is 0. The van der Waals surface area contributed by atoms with E-state index in [4.69, 9.17) is 16.7 Å². The van der Waals surface area contributed by atoms with Crippen LogP contribution in [0.1, 0.15) is 50.8 Å². The fourth-order valence-electron chi connectivity index (χ4n) is 3.24. The SMILES string of the molecule is O=C(O)CCCCC(=O)Nc1ccc(Cl)c(-c2nnc3n2CCCCC3)c1. The van der Waals surface area contributed by atoms with Crippen LogP contribution in [-0.4, -0.2) is 31.7 Å². The summed E-state index contributed by atoms with van der Waals surface area (Å²) in [5.41, 5.74) is 1.39. The number of aliphatic carboxylic acids is 1. The number of halogens is 1. The van der Waals surface area contributed by atoms with Gasteiger partial charge < -0.3 is 15.0 Å². The van der Waals surface area contributed by atoms with E-state index in [-0.39, 0.29) is 18.7 Å². The van der Waals surface area contributed by atoms with E-state index in [0.717, 1.165) is 43.0 Å². The van der Waals surface area contributed by atoms with E-state index in [1.165, 1.54) is 6.42 Å². The molecule has 1 aromatic heterocycles. The van der Waals surface area contributed by atoms with Gasteiger partial charge >= 0.3 is 5.97 Å². The number of carbonyl (C=O) groups is 2. The van der Waals surface area contributed by atoms with E-state index in [1.54, 1.807) is 12.1 Å². The van der Waals surface area contributed by atoms with Crippen LogP contribution in [-0.2, 0) is 22.6 Å². The molecule has 0 unspecified atom stereocenters. The lowest BCUT2D eigenvalue weighted by Gasteiger charge is -2.11. The zero-order valence-corrected chi connectivity index (χ0v) is 15.8. The predicted molar refractivity (Wildman–Crippen MR) is 103 cm³/mol. The standard InChI is InChI=1S/C19H23ClN4O3/c20-15-10-9-13(21-17(25)7-3-4-8-18(26)27)12-14(15)19-23-22-16-6-2-1-5-11-24(16)19/h9-10,12H,1-8,11H2,(H,21,25)(H,26,27). The number of anilines is 1. The number of aromatic nitrogens is 3. The van der Waals surface area contributed by atoms with Gasteiger partial charge in [-0.3, -0.25) is 9.59 Å². The van der Waals surface area contributed by atoms with Crippen molar-refractivity contribution in [2.45, 2.75) is 57.9 Å². The molecule has 144 valence electrons. The van der Waals surface area contributed by atoms with Gasteiger partial charge in [-0.25, -0.2) is 0 Å². The Bertz CT molecular complexity index is 834. The van der Waals surface area contributed by atoms with Crippen molar-refractivity contribution in [1.82, 2.24) is 14.8 Å². The molecule has 0 aliphatic carbocycles. The number of carbonyl (C=O) groups excluding carboxylic acids is 1. The van der Waals surface area contributed by atoms with Crippen LogP contribution in [0.3, 0.4) is 0 Å². The molecule has 0 fully saturated rings. The van der Waals surface area contributed by atoms with Gasteiger partial charge in [0.05, 0.1) is 5.02 Å². The second-order valence-corrected chi connectivity index (χ2v) is 7.15. The fraction of sp³-hybridized carbons (Fsp3) is 0.474. The largest absolute Gasteiger partial charge is 0.481 e. The number of carboxylic acid groups (broad SMARTS) is 1. The number of hydrogen-bond acceptors (Lipinski definition) is 4. The predicted octanol–water partition coefficient (Wildman–Crippen LogP) is 3.91. The number of unbranched alkanes of at least 4 members (excludes halogenated alkanes) is 1. The lowest BCUT2D eigenvalue weighted by atomic mass is 10.1. The zero-order chi connectivity index (χ0) is 19.2. The average Bonchev–Trinajstić information content (AvgIpc) is 2.88. The van der Waals surface area contributed by atoms with Crippen LogP contribution < -0.4 is 5.32 Å². The number of carboxylic acids is 1.